The molecule has 0 atom stereocenters. The summed E-state index contributed by atoms with van der Waals surface area (Å²) >= 11 is 0. The number of para-hydroxylation sites is 2. The summed E-state index contributed by atoms with van der Waals surface area (Å²) in [6.45, 7) is 4.48. The molecule has 0 heterocycles. The molecule has 0 aromatic heterocycles. The summed E-state index contributed by atoms with van der Waals surface area (Å²) in [5.74, 6) is 0.405. The molecule has 0 N–H and O–H groups in total. The normalized spacial score (nSPS) is 9.78. The fourth-order valence-corrected chi connectivity index (χ4v) is 3.97. The van der Waals surface area contributed by atoms with Crippen LogP contribution in [0.25, 0.3) is 0 Å². The minimum atomic E-state index is -2.33. The van der Waals surface area contributed by atoms with Crippen LogP contribution in [-0.2, 0) is 12.8 Å². The fraction of sp³-hybridized carbons (Fsp3) is 0.581. The van der Waals surface area contributed by atoms with Gasteiger partial charge in [-0.3, -0.25) is 0 Å². The molecule has 204 valence electrons. The first-order valence-corrected chi connectivity index (χ1v) is 13.8. The average molecular weight is 586 g/mol. The minimum absolute atomic E-state index is 0. The summed E-state index contributed by atoms with van der Waals surface area (Å²) in [7, 11) is 0. The maximum atomic E-state index is 11.4. The van der Waals surface area contributed by atoms with Crippen molar-refractivity contribution in [2.75, 3.05) is 0 Å². The van der Waals surface area contributed by atoms with Crippen molar-refractivity contribution in [3.63, 3.8) is 0 Å². The van der Waals surface area contributed by atoms with Gasteiger partial charge in [0, 0.05) is 0 Å². The molecule has 2 rings (SSSR count). The molecular formula is C31H46O5Sr-2. The van der Waals surface area contributed by atoms with Crippen molar-refractivity contribution in [3.05, 3.63) is 59.7 Å². The van der Waals surface area contributed by atoms with Gasteiger partial charge in [0.05, 0.1) is 0 Å². The molecule has 0 aliphatic heterocycles. The first-order valence-electron chi connectivity index (χ1n) is 13.8. The standard InChI is InChI=1S/2C15H24O.CH2O3.Sr/c2*1-2-3-4-5-6-7-8-11-14-12-9-10-13-15(14)16;2-1(3)4;/h2*9-10,12-13,16H,2-8,11H2,1H3;(H2,2,3,4);/q;;;+2/p-4. The Morgan fingerprint density at radius 2 is 0.811 bits per heavy atom. The van der Waals surface area contributed by atoms with Crippen LogP contribution in [0.15, 0.2) is 48.5 Å². The van der Waals surface area contributed by atoms with Crippen LogP contribution in [0.2, 0.25) is 0 Å². The third-order valence-corrected chi connectivity index (χ3v) is 6.04. The van der Waals surface area contributed by atoms with Gasteiger partial charge in [0.2, 0.25) is 0 Å². The van der Waals surface area contributed by atoms with Gasteiger partial charge in [-0.15, -0.1) is 11.5 Å². The number of carboxylic acid groups (broad SMARTS) is 2. The predicted octanol–water partition coefficient (Wildman–Crippen LogP) is 5.28. The Kier molecular flexibility index (Phi) is 28.5. The Bertz CT molecular complexity index is 718. The average Bonchev–Trinajstić information content (AvgIpc) is 2.85. The Morgan fingerprint density at radius 1 is 0.541 bits per heavy atom. The Balaban J connectivity index is 0. The Morgan fingerprint density at radius 3 is 1.11 bits per heavy atom. The minimum Gasteiger partial charge on any atom is -0.872 e. The number of aryl methyl sites for hydroxylation is 2. The van der Waals surface area contributed by atoms with Crippen molar-refractivity contribution in [1.29, 1.82) is 0 Å². The maximum absolute atomic E-state index is 11.4. The topological polar surface area (TPSA) is 109 Å². The molecule has 0 saturated heterocycles. The second-order valence-corrected chi connectivity index (χ2v) is 9.21. The third kappa shape index (κ3) is 24.9. The molecule has 2 aromatic rings. The molecule has 5 nitrogen and oxygen atoms in total. The van der Waals surface area contributed by atoms with Gasteiger partial charge in [0.15, 0.2) is 0 Å². The smallest absolute Gasteiger partial charge is 0.872 e. The fourth-order valence-electron chi connectivity index (χ4n) is 3.97. The van der Waals surface area contributed by atoms with E-state index in [1.165, 1.54) is 77.0 Å². The Labute approximate surface area is 262 Å². The second-order valence-electron chi connectivity index (χ2n) is 9.21. The van der Waals surface area contributed by atoms with E-state index >= 15 is 0 Å². The molecule has 0 spiro atoms. The van der Waals surface area contributed by atoms with Gasteiger partial charge in [-0.25, -0.2) is 0 Å². The van der Waals surface area contributed by atoms with E-state index in [2.05, 4.69) is 13.8 Å². The van der Waals surface area contributed by atoms with Gasteiger partial charge >= 0.3 is 45.5 Å². The summed E-state index contributed by atoms with van der Waals surface area (Å²) in [4.78, 5) is 8.33. The number of carbonyl (C=O) groups excluding carboxylic acids is 1. The van der Waals surface area contributed by atoms with Crippen LogP contribution in [0.4, 0.5) is 4.79 Å². The zero-order chi connectivity index (χ0) is 26.9. The van der Waals surface area contributed by atoms with Gasteiger partial charge in [-0.1, -0.05) is 151 Å². The largest absolute Gasteiger partial charge is 2.00 e. The van der Waals surface area contributed by atoms with Crippen LogP contribution in [0, 0.1) is 0 Å². The summed E-state index contributed by atoms with van der Waals surface area (Å²) in [6.07, 6.45) is 17.8. The first kappa shape index (κ1) is 37.9. The molecule has 0 unspecified atom stereocenters. The quantitative estimate of drug-likeness (QED) is 0.197. The van der Waals surface area contributed by atoms with Crippen LogP contribution in [0.5, 0.6) is 11.5 Å². The number of hydrogen-bond acceptors (Lipinski definition) is 5. The number of hydrogen-bond donors (Lipinski definition) is 0. The summed E-state index contributed by atoms with van der Waals surface area (Å²) < 4.78 is 0. The molecule has 6 heteroatoms. The summed E-state index contributed by atoms with van der Waals surface area (Å²) in [5.41, 5.74) is 1.96. The van der Waals surface area contributed by atoms with Crippen LogP contribution in [-0.4, -0.2) is 51.6 Å². The molecule has 0 aliphatic rings. The van der Waals surface area contributed by atoms with E-state index in [1.54, 1.807) is 12.1 Å². The van der Waals surface area contributed by atoms with Crippen LogP contribution >= 0.6 is 0 Å². The number of benzene rings is 2. The van der Waals surface area contributed by atoms with Crippen LogP contribution in [0.3, 0.4) is 0 Å². The molecule has 0 fully saturated rings. The predicted molar refractivity (Wildman–Crippen MR) is 146 cm³/mol. The van der Waals surface area contributed by atoms with E-state index < -0.39 is 6.16 Å². The molecule has 0 radical (unpaired) electrons. The SMILES string of the molecule is CCCCCCCCCc1ccccc1[O-].CCCCCCCCCc1ccccc1[O-].O=C([O-])[O-].[Sr+2]. The van der Waals surface area contributed by atoms with Crippen molar-refractivity contribution < 1.29 is 25.2 Å². The van der Waals surface area contributed by atoms with Gasteiger partial charge in [-0.2, -0.15) is 0 Å². The van der Waals surface area contributed by atoms with E-state index in [1.807, 2.05) is 36.4 Å². The second kappa shape index (κ2) is 27.8. The van der Waals surface area contributed by atoms with E-state index in [0.717, 1.165) is 36.8 Å². The van der Waals surface area contributed by atoms with Crippen molar-refractivity contribution in [3.8, 4) is 11.5 Å². The van der Waals surface area contributed by atoms with E-state index in [0.29, 0.717) is 0 Å². The summed E-state index contributed by atoms with van der Waals surface area (Å²) in [5, 5.41) is 39.5. The molecule has 2 aromatic carbocycles. The van der Waals surface area contributed by atoms with Crippen molar-refractivity contribution >= 4 is 51.6 Å². The van der Waals surface area contributed by atoms with E-state index in [4.69, 9.17) is 15.0 Å². The van der Waals surface area contributed by atoms with Crippen LogP contribution in [0.1, 0.15) is 115 Å². The molecule has 0 saturated carbocycles. The zero-order valence-electron chi connectivity index (χ0n) is 23.2. The Hall–Kier alpha value is -1.21. The monoisotopic (exact) mass is 586 g/mol. The first-order chi connectivity index (χ1) is 17.4. The molecule has 0 aliphatic carbocycles. The zero-order valence-corrected chi connectivity index (χ0v) is 26.7. The van der Waals surface area contributed by atoms with Crippen molar-refractivity contribution in [2.24, 2.45) is 0 Å². The number of unbranched alkanes of at least 4 members (excludes halogenated alkanes) is 12. The van der Waals surface area contributed by atoms with Crippen LogP contribution < -0.4 is 20.4 Å². The van der Waals surface area contributed by atoms with Crippen molar-refractivity contribution in [1.82, 2.24) is 0 Å². The van der Waals surface area contributed by atoms with Gasteiger partial charge < -0.3 is 25.2 Å². The molecule has 0 amide bonds. The van der Waals surface area contributed by atoms with Gasteiger partial charge in [0.25, 0.3) is 0 Å². The molecular weight excluding hydrogens is 540 g/mol. The number of rotatable bonds is 16. The summed E-state index contributed by atoms with van der Waals surface area (Å²) in [6, 6.07) is 14.8. The maximum Gasteiger partial charge on any atom is 2.00 e. The number of carbonyl (C=O) groups is 1. The molecule has 37 heavy (non-hydrogen) atoms. The van der Waals surface area contributed by atoms with Gasteiger partial charge in [0.1, 0.15) is 0 Å². The van der Waals surface area contributed by atoms with E-state index in [9.17, 15) is 10.2 Å². The van der Waals surface area contributed by atoms with Crippen molar-refractivity contribution in [2.45, 2.75) is 117 Å². The molecule has 0 bridgehead atoms. The van der Waals surface area contributed by atoms with Gasteiger partial charge in [-0.05, 0) is 31.8 Å². The third-order valence-electron chi connectivity index (χ3n) is 6.04. The van der Waals surface area contributed by atoms with E-state index in [-0.39, 0.29) is 57.0 Å².